The number of benzene rings is 2. The summed E-state index contributed by atoms with van der Waals surface area (Å²) in [7, 11) is 0. The Morgan fingerprint density at radius 3 is 2.42 bits per heavy atom. The molecule has 0 saturated carbocycles. The van der Waals surface area contributed by atoms with Crippen LogP contribution in [0, 0.1) is 0 Å². The topological polar surface area (TPSA) is 12.0 Å². The highest BCUT2D eigenvalue weighted by Crippen LogP contribution is 2.18. The molecule has 0 bridgehead atoms. The van der Waals surface area contributed by atoms with Gasteiger partial charge in [-0.3, -0.25) is 4.84 Å². The first-order valence-corrected chi connectivity index (χ1v) is 4.13. The Labute approximate surface area is 76.1 Å². The molecular weight excluding hydrogens is 170 g/mol. The van der Waals surface area contributed by atoms with Gasteiger partial charge in [-0.1, -0.05) is 30.3 Å². The second kappa shape index (κ2) is 3.03. The zero-order valence-electron chi connectivity index (χ0n) is 6.42. The minimum absolute atomic E-state index is 0.926. The van der Waals surface area contributed by atoms with Crippen molar-refractivity contribution in [2.45, 2.75) is 0 Å². The molecule has 0 atom stereocenters. The molecule has 12 heavy (non-hydrogen) atoms. The molecule has 2 rings (SSSR count). The third-order valence-corrected chi connectivity index (χ3v) is 2.08. The predicted octanol–water partition coefficient (Wildman–Crippen LogP) is 3.41. The van der Waals surface area contributed by atoms with Crippen LogP contribution in [-0.2, 0) is 0 Å². The Bertz CT molecular complexity index is 398. The lowest BCUT2D eigenvalue weighted by atomic mass is 10.1. The van der Waals surface area contributed by atoms with Gasteiger partial charge in [-0.05, 0) is 22.9 Å². The fourth-order valence-corrected chi connectivity index (χ4v) is 1.37. The van der Waals surface area contributed by atoms with E-state index in [4.69, 9.17) is 11.8 Å². The molecule has 0 amide bonds. The van der Waals surface area contributed by atoms with Crippen LogP contribution in [-0.4, -0.2) is 0 Å². The lowest BCUT2D eigenvalue weighted by Gasteiger charge is -1.99. The summed E-state index contributed by atoms with van der Waals surface area (Å²) in [6.45, 7) is 0. The van der Waals surface area contributed by atoms with Crippen molar-refractivity contribution in [3.05, 3.63) is 42.5 Å². The van der Waals surface area contributed by atoms with Gasteiger partial charge in [0.25, 0.3) is 0 Å². The number of anilines is 1. The molecule has 0 spiro atoms. The van der Waals surface area contributed by atoms with Crippen LogP contribution in [0.5, 0.6) is 0 Å². The van der Waals surface area contributed by atoms with Gasteiger partial charge in [0.05, 0.1) is 0 Å². The molecule has 2 aromatic rings. The van der Waals surface area contributed by atoms with Crippen molar-refractivity contribution in [1.82, 2.24) is 0 Å². The average molecular weight is 178 g/mol. The summed E-state index contributed by atoms with van der Waals surface area (Å²) in [4.78, 5) is 2.59. The zero-order valence-corrected chi connectivity index (χ0v) is 7.18. The quantitative estimate of drug-likeness (QED) is 0.659. The van der Waals surface area contributed by atoms with Crippen molar-refractivity contribution in [2.75, 3.05) is 4.84 Å². The third kappa shape index (κ3) is 1.23. The van der Waals surface area contributed by atoms with Gasteiger partial charge in [0.2, 0.25) is 0 Å². The first-order valence-electron chi connectivity index (χ1n) is 3.75. The van der Waals surface area contributed by atoms with Gasteiger partial charge >= 0.3 is 0 Å². The molecule has 0 aliphatic carbocycles. The highest BCUT2D eigenvalue weighted by Gasteiger charge is 1.92. The van der Waals surface area contributed by atoms with Crippen LogP contribution in [0.15, 0.2) is 42.5 Å². The number of rotatable bonds is 1. The van der Waals surface area contributed by atoms with Crippen LogP contribution >= 0.6 is 11.8 Å². The third-order valence-electron chi connectivity index (χ3n) is 1.86. The summed E-state index contributed by atoms with van der Waals surface area (Å²) >= 11 is 5.48. The first kappa shape index (κ1) is 7.44. The van der Waals surface area contributed by atoms with E-state index in [0.717, 1.165) is 5.69 Å². The highest BCUT2D eigenvalue weighted by atomic mass is 35.5. The lowest BCUT2D eigenvalue weighted by Crippen LogP contribution is -1.79. The fourth-order valence-electron chi connectivity index (χ4n) is 1.25. The van der Waals surface area contributed by atoms with Crippen molar-refractivity contribution in [2.24, 2.45) is 0 Å². The number of hydrogen-bond acceptors (Lipinski definition) is 1. The highest BCUT2D eigenvalue weighted by molar-refractivity contribution is 6.24. The van der Waals surface area contributed by atoms with Crippen molar-refractivity contribution >= 4 is 28.2 Å². The molecule has 0 aromatic heterocycles. The summed E-state index contributed by atoms with van der Waals surface area (Å²) < 4.78 is 0. The average Bonchev–Trinajstić information content (AvgIpc) is 2.17. The van der Waals surface area contributed by atoms with E-state index < -0.39 is 0 Å². The number of nitrogens with one attached hydrogen (secondary N) is 1. The van der Waals surface area contributed by atoms with Gasteiger partial charge in [-0.25, -0.2) is 0 Å². The van der Waals surface area contributed by atoms with Crippen LogP contribution < -0.4 is 4.84 Å². The SMILES string of the molecule is ClNc1ccc2ccccc2c1. The molecule has 0 saturated heterocycles. The van der Waals surface area contributed by atoms with Crippen LogP contribution in [0.2, 0.25) is 0 Å². The Morgan fingerprint density at radius 2 is 1.67 bits per heavy atom. The normalized spacial score (nSPS) is 10.1. The van der Waals surface area contributed by atoms with Crippen LogP contribution in [0.25, 0.3) is 10.8 Å². The Balaban J connectivity index is 2.67. The standard InChI is InChI=1S/C10H8ClN/c11-12-10-6-5-8-3-1-2-4-9(8)7-10/h1-7,12H. The van der Waals surface area contributed by atoms with Gasteiger partial charge in [-0.2, -0.15) is 0 Å². The van der Waals surface area contributed by atoms with Crippen molar-refractivity contribution in [1.29, 1.82) is 0 Å². The van der Waals surface area contributed by atoms with E-state index in [1.54, 1.807) is 0 Å². The second-order valence-corrected chi connectivity index (χ2v) is 2.85. The number of hydrogen-bond donors (Lipinski definition) is 1. The molecule has 0 heterocycles. The summed E-state index contributed by atoms with van der Waals surface area (Å²) in [5, 5.41) is 2.43. The zero-order chi connectivity index (χ0) is 8.39. The second-order valence-electron chi connectivity index (χ2n) is 2.66. The summed E-state index contributed by atoms with van der Waals surface area (Å²) in [5.41, 5.74) is 0.926. The molecule has 0 aliphatic rings. The molecule has 0 radical (unpaired) electrons. The monoisotopic (exact) mass is 177 g/mol. The van der Waals surface area contributed by atoms with E-state index in [9.17, 15) is 0 Å². The van der Waals surface area contributed by atoms with E-state index in [1.807, 2.05) is 30.3 Å². The maximum absolute atomic E-state index is 5.48. The molecule has 60 valence electrons. The number of fused-ring (bicyclic) bond motifs is 1. The molecule has 0 unspecified atom stereocenters. The summed E-state index contributed by atoms with van der Waals surface area (Å²) in [6.07, 6.45) is 0. The van der Waals surface area contributed by atoms with Crippen LogP contribution in [0.3, 0.4) is 0 Å². The van der Waals surface area contributed by atoms with E-state index in [1.165, 1.54) is 10.8 Å². The van der Waals surface area contributed by atoms with Gasteiger partial charge in [0.15, 0.2) is 0 Å². The van der Waals surface area contributed by atoms with E-state index in [2.05, 4.69) is 17.0 Å². The Morgan fingerprint density at radius 1 is 0.917 bits per heavy atom. The van der Waals surface area contributed by atoms with Crippen molar-refractivity contribution in [3.8, 4) is 0 Å². The minimum Gasteiger partial charge on any atom is -0.298 e. The predicted molar refractivity (Wildman–Crippen MR) is 53.4 cm³/mol. The number of halogens is 1. The molecule has 0 fully saturated rings. The van der Waals surface area contributed by atoms with E-state index in [-0.39, 0.29) is 0 Å². The van der Waals surface area contributed by atoms with Crippen molar-refractivity contribution in [3.63, 3.8) is 0 Å². The lowest BCUT2D eigenvalue weighted by molar-refractivity contribution is 1.72. The maximum atomic E-state index is 5.48. The molecule has 1 nitrogen and oxygen atoms in total. The smallest absolute Gasteiger partial charge is 0.0498 e. The van der Waals surface area contributed by atoms with Crippen LogP contribution in [0.4, 0.5) is 5.69 Å². The maximum Gasteiger partial charge on any atom is 0.0498 e. The molecule has 2 heteroatoms. The van der Waals surface area contributed by atoms with E-state index in [0.29, 0.717) is 0 Å². The molecule has 2 aromatic carbocycles. The van der Waals surface area contributed by atoms with E-state index >= 15 is 0 Å². The van der Waals surface area contributed by atoms with Gasteiger partial charge < -0.3 is 0 Å². The summed E-state index contributed by atoms with van der Waals surface area (Å²) in [6, 6.07) is 14.2. The largest absolute Gasteiger partial charge is 0.298 e. The van der Waals surface area contributed by atoms with Crippen LogP contribution in [0.1, 0.15) is 0 Å². The Hall–Kier alpha value is -1.21. The molecule has 1 N–H and O–H groups in total. The first-order chi connectivity index (χ1) is 5.90. The molecule has 0 aliphatic heterocycles. The fraction of sp³-hybridized carbons (Fsp3) is 0. The van der Waals surface area contributed by atoms with Gasteiger partial charge in [0.1, 0.15) is 0 Å². The van der Waals surface area contributed by atoms with Gasteiger partial charge in [-0.15, -0.1) is 0 Å². The molecular formula is C10H8ClN. The minimum atomic E-state index is 0.926. The van der Waals surface area contributed by atoms with Gasteiger partial charge in [0, 0.05) is 17.5 Å². The van der Waals surface area contributed by atoms with Crippen molar-refractivity contribution < 1.29 is 0 Å². The summed E-state index contributed by atoms with van der Waals surface area (Å²) in [5.74, 6) is 0. The Kier molecular flexibility index (Phi) is 1.88.